The lowest BCUT2D eigenvalue weighted by Crippen LogP contribution is -2.24. The van der Waals surface area contributed by atoms with Crippen molar-refractivity contribution in [1.82, 2.24) is 15.0 Å². The van der Waals surface area contributed by atoms with Crippen LogP contribution in [-0.4, -0.2) is 34.5 Å². The summed E-state index contributed by atoms with van der Waals surface area (Å²) in [5.41, 5.74) is 5.13. The maximum Gasteiger partial charge on any atom is 0.267 e. The number of amides is 1. The van der Waals surface area contributed by atoms with Crippen LogP contribution in [0.15, 0.2) is 68.1 Å². The number of methoxy groups -OCH3 is 1. The molecule has 7 nitrogen and oxygen atoms in total. The molecule has 5 rings (SSSR count). The number of thiophene rings is 1. The molecule has 0 radical (unpaired) electrons. The molecule has 1 aliphatic rings. The second-order valence-electron chi connectivity index (χ2n) is 8.26. The average molecular weight is 584 g/mol. The van der Waals surface area contributed by atoms with Gasteiger partial charge in [0.2, 0.25) is 0 Å². The lowest BCUT2D eigenvalue weighted by Gasteiger charge is -2.14. The number of aryl methyl sites for hydroxylation is 2. The Morgan fingerprint density at radius 2 is 2.06 bits per heavy atom. The van der Waals surface area contributed by atoms with Crippen molar-refractivity contribution in [3.63, 3.8) is 0 Å². The molecular formula is C26H23BrN4O3S2. The zero-order chi connectivity index (χ0) is 25.1. The van der Waals surface area contributed by atoms with Gasteiger partial charge in [0.05, 0.1) is 30.2 Å². The van der Waals surface area contributed by atoms with E-state index in [9.17, 15) is 9.59 Å². The Hall–Kier alpha value is -2.95. The molecule has 0 spiro atoms. The van der Waals surface area contributed by atoms with Gasteiger partial charge in [-0.3, -0.25) is 14.2 Å². The minimum absolute atomic E-state index is 0.0645. The fourth-order valence-corrected chi connectivity index (χ4v) is 6.69. The van der Waals surface area contributed by atoms with Crippen LogP contribution in [0.4, 0.5) is 0 Å². The van der Waals surface area contributed by atoms with Gasteiger partial charge in [-0.15, -0.1) is 11.3 Å². The van der Waals surface area contributed by atoms with Crippen LogP contribution in [0.1, 0.15) is 28.8 Å². The molecule has 0 atom stereocenters. The molecule has 1 amide bonds. The molecule has 36 heavy (non-hydrogen) atoms. The van der Waals surface area contributed by atoms with Gasteiger partial charge in [-0.2, -0.15) is 5.10 Å². The van der Waals surface area contributed by atoms with Crippen molar-refractivity contribution in [2.24, 2.45) is 5.10 Å². The maximum absolute atomic E-state index is 13.8. The molecule has 2 heterocycles. The summed E-state index contributed by atoms with van der Waals surface area (Å²) in [5.74, 6) is 0.479. The fourth-order valence-electron chi connectivity index (χ4n) is 4.17. The highest BCUT2D eigenvalue weighted by Gasteiger charge is 2.23. The zero-order valence-electron chi connectivity index (χ0n) is 19.5. The third kappa shape index (κ3) is 5.25. The highest BCUT2D eigenvalue weighted by Crippen LogP contribution is 2.35. The van der Waals surface area contributed by atoms with Crippen molar-refractivity contribution >= 4 is 61.4 Å². The average Bonchev–Trinajstić information content (AvgIpc) is 3.26. The Labute approximate surface area is 224 Å². The van der Waals surface area contributed by atoms with Gasteiger partial charge in [0.1, 0.15) is 10.6 Å². The number of benzene rings is 2. The van der Waals surface area contributed by atoms with Gasteiger partial charge in [0, 0.05) is 9.35 Å². The SMILES string of the molecule is COc1ccc(-n2c(SCC(=O)NN=Cc3cccc(Br)c3)nc3sc4c(c3c2=O)CCCC4)cc1. The Balaban J connectivity index is 1.44. The van der Waals surface area contributed by atoms with Crippen molar-refractivity contribution in [2.45, 2.75) is 30.8 Å². The van der Waals surface area contributed by atoms with E-state index in [0.717, 1.165) is 46.1 Å². The van der Waals surface area contributed by atoms with Gasteiger partial charge in [-0.1, -0.05) is 39.8 Å². The molecule has 10 heteroatoms. The van der Waals surface area contributed by atoms with Crippen molar-refractivity contribution in [2.75, 3.05) is 12.9 Å². The number of carbonyl (C=O) groups excluding carboxylic acids is 1. The molecule has 2 aromatic heterocycles. The first-order chi connectivity index (χ1) is 17.5. The maximum atomic E-state index is 13.8. The van der Waals surface area contributed by atoms with Crippen LogP contribution < -0.4 is 15.7 Å². The number of hydrogen-bond donors (Lipinski definition) is 1. The fraction of sp³-hybridized carbons (Fsp3) is 0.231. The molecule has 184 valence electrons. The van der Waals surface area contributed by atoms with Crippen molar-refractivity contribution in [1.29, 1.82) is 0 Å². The number of rotatable bonds is 7. The third-order valence-electron chi connectivity index (χ3n) is 5.87. The number of fused-ring (bicyclic) bond motifs is 3. The van der Waals surface area contributed by atoms with Gasteiger partial charge in [-0.25, -0.2) is 10.4 Å². The van der Waals surface area contributed by atoms with E-state index >= 15 is 0 Å². The number of nitrogens with zero attached hydrogens (tertiary/aromatic N) is 3. The minimum atomic E-state index is -0.285. The normalized spacial score (nSPS) is 13.2. The second kappa shape index (κ2) is 11.0. The van der Waals surface area contributed by atoms with Crippen LogP contribution in [-0.2, 0) is 17.6 Å². The van der Waals surface area contributed by atoms with Crippen LogP contribution in [0.25, 0.3) is 15.9 Å². The van der Waals surface area contributed by atoms with Crippen molar-refractivity contribution in [3.05, 3.63) is 79.4 Å². The van der Waals surface area contributed by atoms with Crippen LogP contribution in [0.5, 0.6) is 5.75 Å². The second-order valence-corrected chi connectivity index (χ2v) is 11.2. The summed E-state index contributed by atoms with van der Waals surface area (Å²) in [5, 5.41) is 5.23. The third-order valence-corrected chi connectivity index (χ3v) is 8.49. The minimum Gasteiger partial charge on any atom is -0.497 e. The number of ether oxygens (including phenoxy) is 1. The quantitative estimate of drug-likeness (QED) is 0.137. The van der Waals surface area contributed by atoms with Gasteiger partial charge in [0.25, 0.3) is 11.5 Å². The van der Waals surface area contributed by atoms with E-state index in [-0.39, 0.29) is 17.2 Å². The Kier molecular flexibility index (Phi) is 7.54. The molecule has 0 saturated carbocycles. The topological polar surface area (TPSA) is 85.6 Å². The highest BCUT2D eigenvalue weighted by atomic mass is 79.9. The van der Waals surface area contributed by atoms with Crippen LogP contribution >= 0.6 is 39.0 Å². The van der Waals surface area contributed by atoms with Gasteiger partial charge >= 0.3 is 0 Å². The predicted molar refractivity (Wildman–Crippen MR) is 149 cm³/mol. The van der Waals surface area contributed by atoms with Gasteiger partial charge in [-0.05, 0) is 73.2 Å². The molecule has 2 aromatic carbocycles. The first-order valence-electron chi connectivity index (χ1n) is 11.5. The Morgan fingerprint density at radius 1 is 1.25 bits per heavy atom. The van der Waals surface area contributed by atoms with Gasteiger partial charge in [0.15, 0.2) is 5.16 Å². The summed E-state index contributed by atoms with van der Waals surface area (Å²) in [6, 6.07) is 14.9. The molecule has 4 aromatic rings. The van der Waals surface area contributed by atoms with Crippen LogP contribution in [0, 0.1) is 0 Å². The molecule has 0 saturated heterocycles. The van der Waals surface area contributed by atoms with E-state index < -0.39 is 0 Å². The first kappa shape index (κ1) is 24.7. The molecule has 0 aliphatic heterocycles. The predicted octanol–water partition coefficient (Wildman–Crippen LogP) is 5.34. The molecule has 1 aliphatic carbocycles. The van der Waals surface area contributed by atoms with E-state index in [0.29, 0.717) is 22.0 Å². The molecular weight excluding hydrogens is 560 g/mol. The smallest absolute Gasteiger partial charge is 0.267 e. The Bertz CT molecular complexity index is 1510. The molecule has 0 fully saturated rings. The summed E-state index contributed by atoms with van der Waals surface area (Å²) in [7, 11) is 1.60. The highest BCUT2D eigenvalue weighted by molar-refractivity contribution is 9.10. The summed E-state index contributed by atoms with van der Waals surface area (Å²) < 4.78 is 7.81. The zero-order valence-corrected chi connectivity index (χ0v) is 22.7. The number of halogens is 1. The number of thioether (sulfide) groups is 1. The monoisotopic (exact) mass is 582 g/mol. The molecule has 1 N–H and O–H groups in total. The van der Waals surface area contributed by atoms with Crippen molar-refractivity contribution in [3.8, 4) is 11.4 Å². The number of hydrazone groups is 1. The number of hydrogen-bond acceptors (Lipinski definition) is 7. The van der Waals surface area contributed by atoms with Crippen LogP contribution in [0.2, 0.25) is 0 Å². The van der Waals surface area contributed by atoms with Crippen molar-refractivity contribution < 1.29 is 9.53 Å². The number of aromatic nitrogens is 2. The summed E-state index contributed by atoms with van der Waals surface area (Å²) in [6.45, 7) is 0. The van der Waals surface area contributed by atoms with E-state index in [1.807, 2.05) is 48.5 Å². The van der Waals surface area contributed by atoms with E-state index in [2.05, 4.69) is 26.5 Å². The summed E-state index contributed by atoms with van der Waals surface area (Å²) >= 11 is 6.23. The first-order valence-corrected chi connectivity index (χ1v) is 14.0. The lowest BCUT2D eigenvalue weighted by molar-refractivity contribution is -0.118. The standard InChI is InChI=1S/C26H23BrN4O3S2/c1-34-19-11-9-18(10-12-19)31-25(33)23-20-7-2-3-8-21(20)36-24(23)29-26(31)35-15-22(32)30-28-14-16-5-4-6-17(27)13-16/h4-6,9-14H,2-3,7-8,15H2,1H3,(H,30,32). The van der Waals surface area contributed by atoms with E-state index in [1.54, 1.807) is 29.2 Å². The van der Waals surface area contributed by atoms with Crippen LogP contribution in [0.3, 0.4) is 0 Å². The lowest BCUT2D eigenvalue weighted by atomic mass is 9.97. The van der Waals surface area contributed by atoms with E-state index in [4.69, 9.17) is 9.72 Å². The number of carbonyl (C=O) groups is 1. The van der Waals surface area contributed by atoms with Gasteiger partial charge < -0.3 is 4.74 Å². The summed E-state index contributed by atoms with van der Waals surface area (Å²) in [4.78, 5) is 33.2. The number of nitrogens with one attached hydrogen (secondary N) is 1. The largest absolute Gasteiger partial charge is 0.497 e. The summed E-state index contributed by atoms with van der Waals surface area (Å²) in [6.07, 6.45) is 5.69. The Morgan fingerprint density at radius 3 is 2.83 bits per heavy atom. The molecule has 0 unspecified atom stereocenters. The molecule has 0 bridgehead atoms. The van der Waals surface area contributed by atoms with E-state index in [1.165, 1.54) is 16.6 Å².